The molecule has 1 unspecified atom stereocenters. The first-order chi connectivity index (χ1) is 13.6. The van der Waals surface area contributed by atoms with E-state index in [4.69, 9.17) is 0 Å². The molecule has 1 saturated heterocycles. The lowest BCUT2D eigenvalue weighted by Crippen LogP contribution is -2.40. The van der Waals surface area contributed by atoms with Crippen molar-refractivity contribution in [2.45, 2.75) is 58.5 Å². The maximum absolute atomic E-state index is 12.8. The molecule has 28 heavy (non-hydrogen) atoms. The summed E-state index contributed by atoms with van der Waals surface area (Å²) < 4.78 is 0. The number of aryl methyl sites for hydroxylation is 3. The average molecular weight is 377 g/mol. The Bertz CT molecular complexity index is 836. The molecular weight excluding hydrogens is 344 g/mol. The zero-order valence-electron chi connectivity index (χ0n) is 17.2. The molecule has 1 aliphatic heterocycles. The Morgan fingerprint density at radius 1 is 1.11 bits per heavy atom. The van der Waals surface area contributed by atoms with Crippen LogP contribution in [0.5, 0.6) is 0 Å². The lowest BCUT2D eigenvalue weighted by atomic mass is 9.94. The van der Waals surface area contributed by atoms with Crippen LogP contribution >= 0.6 is 0 Å². The van der Waals surface area contributed by atoms with Gasteiger partial charge in [-0.25, -0.2) is 0 Å². The van der Waals surface area contributed by atoms with Gasteiger partial charge in [-0.2, -0.15) is 0 Å². The van der Waals surface area contributed by atoms with Gasteiger partial charge in [0.25, 0.3) is 0 Å². The molecule has 0 aromatic heterocycles. The van der Waals surface area contributed by atoms with E-state index in [1.54, 1.807) is 0 Å². The van der Waals surface area contributed by atoms with Gasteiger partial charge in [0.2, 0.25) is 5.91 Å². The largest absolute Gasteiger partial charge is 0.349 e. The van der Waals surface area contributed by atoms with E-state index in [2.05, 4.69) is 66.5 Å². The van der Waals surface area contributed by atoms with E-state index in [0.717, 1.165) is 32.5 Å². The zero-order valence-corrected chi connectivity index (χ0v) is 17.2. The second-order valence-electron chi connectivity index (χ2n) is 8.65. The number of nitrogens with one attached hydrogen (secondary N) is 1. The number of amides is 1. The van der Waals surface area contributed by atoms with E-state index < -0.39 is 0 Å². The summed E-state index contributed by atoms with van der Waals surface area (Å²) in [5, 5.41) is 3.27. The number of benzene rings is 2. The number of carbonyl (C=O) groups is 1. The summed E-state index contributed by atoms with van der Waals surface area (Å²) in [6, 6.07) is 15.6. The monoisotopic (exact) mass is 376 g/mol. The first-order valence-electron chi connectivity index (χ1n) is 10.8. The van der Waals surface area contributed by atoms with E-state index in [1.807, 2.05) is 0 Å². The predicted octanol–water partition coefficient (Wildman–Crippen LogP) is 4.57. The highest BCUT2D eigenvalue weighted by Gasteiger charge is 2.26. The Balaban J connectivity index is 1.28. The molecule has 2 aromatic rings. The van der Waals surface area contributed by atoms with Gasteiger partial charge in [-0.15, -0.1) is 0 Å². The number of piperidine rings is 1. The molecule has 0 bridgehead atoms. The summed E-state index contributed by atoms with van der Waals surface area (Å²) in [6.45, 7) is 7.24. The second kappa shape index (κ2) is 8.48. The minimum atomic E-state index is 0.0868. The van der Waals surface area contributed by atoms with Crippen molar-refractivity contribution in [3.8, 4) is 0 Å². The first kappa shape index (κ1) is 19.2. The van der Waals surface area contributed by atoms with E-state index in [-0.39, 0.29) is 17.9 Å². The number of carbonyl (C=O) groups excluding carboxylic acids is 1. The third-order valence-electron chi connectivity index (χ3n) is 6.43. The Morgan fingerprint density at radius 2 is 1.89 bits per heavy atom. The molecule has 2 aromatic carbocycles. The average Bonchev–Trinajstić information content (AvgIpc) is 3.16. The maximum atomic E-state index is 12.8. The van der Waals surface area contributed by atoms with Crippen LogP contribution in [-0.2, 0) is 24.2 Å². The Morgan fingerprint density at radius 3 is 2.68 bits per heavy atom. The van der Waals surface area contributed by atoms with Crippen molar-refractivity contribution >= 4 is 5.91 Å². The van der Waals surface area contributed by atoms with Crippen LogP contribution in [0.4, 0.5) is 0 Å². The molecule has 1 fully saturated rings. The van der Waals surface area contributed by atoms with Gasteiger partial charge in [0.15, 0.2) is 0 Å². The third kappa shape index (κ3) is 4.47. The number of rotatable bonds is 5. The smallest absolute Gasteiger partial charge is 0.223 e. The number of nitrogens with zero attached hydrogens (tertiary/aromatic N) is 1. The maximum Gasteiger partial charge on any atom is 0.223 e. The van der Waals surface area contributed by atoms with Crippen LogP contribution in [0.25, 0.3) is 0 Å². The van der Waals surface area contributed by atoms with Crippen LogP contribution in [0, 0.1) is 12.8 Å². The van der Waals surface area contributed by atoms with Gasteiger partial charge in [0.1, 0.15) is 0 Å². The van der Waals surface area contributed by atoms with Crippen molar-refractivity contribution in [3.05, 3.63) is 70.3 Å². The molecule has 3 nitrogen and oxygen atoms in total. The summed E-state index contributed by atoms with van der Waals surface area (Å²) in [5.74, 6) is 0.369. The summed E-state index contributed by atoms with van der Waals surface area (Å²) in [6.07, 6.45) is 5.56. The molecule has 148 valence electrons. The highest BCUT2D eigenvalue weighted by molar-refractivity contribution is 5.79. The van der Waals surface area contributed by atoms with Crippen LogP contribution in [0.3, 0.4) is 0 Å². The van der Waals surface area contributed by atoms with Crippen LogP contribution < -0.4 is 5.32 Å². The fraction of sp³-hybridized carbons (Fsp3) is 0.480. The van der Waals surface area contributed by atoms with Crippen molar-refractivity contribution < 1.29 is 4.79 Å². The molecule has 1 aliphatic carbocycles. The number of fused-ring (bicyclic) bond motifs is 1. The van der Waals surface area contributed by atoms with Gasteiger partial charge in [0, 0.05) is 12.5 Å². The lowest BCUT2D eigenvalue weighted by Gasteiger charge is -2.32. The molecular formula is C25H32N2O. The molecule has 3 heteroatoms. The minimum Gasteiger partial charge on any atom is -0.349 e. The summed E-state index contributed by atoms with van der Waals surface area (Å²) >= 11 is 0. The number of hydrogen-bond donors (Lipinski definition) is 1. The van der Waals surface area contributed by atoms with Crippen molar-refractivity contribution in [2.24, 2.45) is 5.92 Å². The minimum absolute atomic E-state index is 0.0868. The molecule has 0 radical (unpaired) electrons. The van der Waals surface area contributed by atoms with Crippen molar-refractivity contribution in [3.63, 3.8) is 0 Å². The lowest BCUT2D eigenvalue weighted by molar-refractivity contribution is -0.127. The summed E-state index contributed by atoms with van der Waals surface area (Å²) in [5.41, 5.74) is 6.89. The van der Waals surface area contributed by atoms with E-state index in [0.29, 0.717) is 0 Å². The highest BCUT2D eigenvalue weighted by Crippen LogP contribution is 2.26. The molecule has 1 N–H and O–H groups in total. The van der Waals surface area contributed by atoms with Crippen molar-refractivity contribution in [2.75, 3.05) is 13.1 Å². The fourth-order valence-electron chi connectivity index (χ4n) is 4.70. The van der Waals surface area contributed by atoms with Gasteiger partial charge in [-0.3, -0.25) is 9.69 Å². The number of hydrogen-bond acceptors (Lipinski definition) is 2. The third-order valence-corrected chi connectivity index (χ3v) is 6.43. The summed E-state index contributed by atoms with van der Waals surface area (Å²) in [7, 11) is 0. The van der Waals surface area contributed by atoms with Crippen molar-refractivity contribution in [1.29, 1.82) is 0 Å². The first-order valence-corrected chi connectivity index (χ1v) is 10.8. The molecule has 1 heterocycles. The van der Waals surface area contributed by atoms with E-state index in [9.17, 15) is 4.79 Å². The second-order valence-corrected chi connectivity index (χ2v) is 8.65. The van der Waals surface area contributed by atoms with E-state index >= 15 is 0 Å². The zero-order chi connectivity index (χ0) is 19.5. The molecule has 1 amide bonds. The Hall–Kier alpha value is -2.13. The van der Waals surface area contributed by atoms with Crippen LogP contribution in [0.15, 0.2) is 42.5 Å². The standard InChI is InChI=1S/C25H32N2O/c1-18-5-3-6-20(15-18)17-27-13-11-22(12-14-27)25(28)26-19(2)23-10-9-21-7-4-8-24(21)16-23/h3,5-6,9-10,15-16,19,22H,4,7-8,11-14,17H2,1-2H3,(H,26,28). The van der Waals surface area contributed by atoms with Crippen LogP contribution in [0.1, 0.15) is 60.0 Å². The SMILES string of the molecule is Cc1cccc(CN2CCC(C(=O)NC(C)c3ccc4c(c3)CCC4)CC2)c1. The van der Waals surface area contributed by atoms with Gasteiger partial charge in [-0.1, -0.05) is 48.0 Å². The van der Waals surface area contributed by atoms with E-state index in [1.165, 1.54) is 47.1 Å². The predicted molar refractivity (Wildman–Crippen MR) is 114 cm³/mol. The van der Waals surface area contributed by atoms with Gasteiger partial charge in [-0.05, 0) is 81.3 Å². The molecule has 0 saturated carbocycles. The molecule has 0 spiro atoms. The highest BCUT2D eigenvalue weighted by atomic mass is 16.1. The Kier molecular flexibility index (Phi) is 5.82. The topological polar surface area (TPSA) is 32.3 Å². The Labute approximate surface area is 169 Å². The van der Waals surface area contributed by atoms with Gasteiger partial charge in [0.05, 0.1) is 6.04 Å². The normalized spacial score (nSPS) is 18.6. The van der Waals surface area contributed by atoms with Crippen molar-refractivity contribution in [1.82, 2.24) is 10.2 Å². The molecule has 4 rings (SSSR count). The fourth-order valence-corrected chi connectivity index (χ4v) is 4.70. The van der Waals surface area contributed by atoms with Crippen LogP contribution in [0.2, 0.25) is 0 Å². The molecule has 2 aliphatic rings. The van der Waals surface area contributed by atoms with Gasteiger partial charge < -0.3 is 5.32 Å². The number of likely N-dealkylation sites (tertiary alicyclic amines) is 1. The summed E-state index contributed by atoms with van der Waals surface area (Å²) in [4.78, 5) is 15.3. The molecule has 1 atom stereocenters. The van der Waals surface area contributed by atoms with Crippen LogP contribution in [-0.4, -0.2) is 23.9 Å². The quantitative estimate of drug-likeness (QED) is 0.829. The van der Waals surface area contributed by atoms with Gasteiger partial charge >= 0.3 is 0 Å².